The summed E-state index contributed by atoms with van der Waals surface area (Å²) in [5, 5.41) is 7.37. The van der Waals surface area contributed by atoms with Gasteiger partial charge in [-0.2, -0.15) is 0 Å². The van der Waals surface area contributed by atoms with Gasteiger partial charge < -0.3 is 20.1 Å². The van der Waals surface area contributed by atoms with Crippen molar-refractivity contribution in [3.05, 3.63) is 53.2 Å². The van der Waals surface area contributed by atoms with Crippen molar-refractivity contribution in [1.82, 2.24) is 10.6 Å². The van der Waals surface area contributed by atoms with Crippen LogP contribution in [0.4, 0.5) is 4.79 Å². The Morgan fingerprint density at radius 3 is 2.68 bits per heavy atom. The van der Waals surface area contributed by atoms with Crippen LogP contribution >= 0.6 is 0 Å². The average molecular weight is 340 g/mol. The molecule has 0 fully saturated rings. The Kier molecular flexibility index (Phi) is 4.61. The number of hydrogen-bond donors (Lipinski definition) is 2. The molecule has 0 aromatic heterocycles. The minimum absolute atomic E-state index is 0.361. The van der Waals surface area contributed by atoms with Gasteiger partial charge in [0.25, 0.3) is 0 Å². The Labute approximate surface area is 145 Å². The summed E-state index contributed by atoms with van der Waals surface area (Å²) in [5.41, 5.74) is 1.57. The summed E-state index contributed by atoms with van der Waals surface area (Å²) < 4.78 is 10.7. The monoisotopic (exact) mass is 340 g/mol. The van der Waals surface area contributed by atoms with Gasteiger partial charge in [-0.15, -0.1) is 0 Å². The number of amides is 2. The lowest BCUT2D eigenvalue weighted by atomic mass is 9.90. The summed E-state index contributed by atoms with van der Waals surface area (Å²) in [6, 6.07) is 10.6. The number of methoxy groups -OCH3 is 1. The van der Waals surface area contributed by atoms with Gasteiger partial charge in [-0.1, -0.05) is 30.3 Å². The van der Waals surface area contributed by atoms with Gasteiger partial charge in [-0.05, 0) is 30.7 Å². The SMILES string of the molecule is CCOc1ccc2ccccc2c1[C@@H]1NC(=O)NC(C)=C1C(=O)OC. The van der Waals surface area contributed by atoms with E-state index in [0.717, 1.165) is 16.3 Å². The Morgan fingerprint density at radius 1 is 1.20 bits per heavy atom. The van der Waals surface area contributed by atoms with Crippen LogP contribution in [0.25, 0.3) is 10.8 Å². The topological polar surface area (TPSA) is 76.7 Å². The molecule has 1 heterocycles. The normalized spacial score (nSPS) is 17.1. The predicted octanol–water partition coefficient (Wildman–Crippen LogP) is 3.04. The molecule has 1 aliphatic rings. The number of nitrogens with one attached hydrogen (secondary N) is 2. The predicted molar refractivity (Wildman–Crippen MR) is 94.2 cm³/mol. The molecular formula is C19H20N2O4. The summed E-state index contributed by atoms with van der Waals surface area (Å²) in [6.07, 6.45) is 0. The van der Waals surface area contributed by atoms with Gasteiger partial charge >= 0.3 is 12.0 Å². The zero-order valence-electron chi connectivity index (χ0n) is 14.4. The fraction of sp³-hybridized carbons (Fsp3) is 0.263. The van der Waals surface area contributed by atoms with Gasteiger partial charge in [-0.3, -0.25) is 0 Å². The standard InChI is InChI=1S/C19H20N2O4/c1-4-25-14-10-9-12-7-5-6-8-13(12)16(14)17-15(18(22)24-3)11(2)20-19(23)21-17/h5-10,17H,4H2,1-3H3,(H2,20,21,23)/t17-/m1/s1. The lowest BCUT2D eigenvalue weighted by Crippen LogP contribution is -2.45. The molecule has 130 valence electrons. The fourth-order valence-corrected chi connectivity index (χ4v) is 3.15. The van der Waals surface area contributed by atoms with Gasteiger partial charge in [0, 0.05) is 11.3 Å². The third-order valence-corrected chi connectivity index (χ3v) is 4.19. The molecule has 3 rings (SSSR count). The zero-order chi connectivity index (χ0) is 18.0. The molecule has 2 aromatic rings. The quantitative estimate of drug-likeness (QED) is 0.839. The fourth-order valence-electron chi connectivity index (χ4n) is 3.15. The van der Waals surface area contributed by atoms with E-state index in [0.29, 0.717) is 23.6 Å². The molecule has 0 unspecified atom stereocenters. The van der Waals surface area contributed by atoms with E-state index in [1.54, 1.807) is 6.92 Å². The summed E-state index contributed by atoms with van der Waals surface area (Å²) in [6.45, 7) is 4.05. The highest BCUT2D eigenvalue weighted by Crippen LogP contribution is 2.38. The molecule has 1 atom stereocenters. The Balaban J connectivity index is 2.28. The van der Waals surface area contributed by atoms with E-state index >= 15 is 0 Å². The van der Waals surface area contributed by atoms with Crippen LogP contribution in [0, 0.1) is 0 Å². The van der Waals surface area contributed by atoms with Gasteiger partial charge in [0.2, 0.25) is 0 Å². The first-order valence-corrected chi connectivity index (χ1v) is 8.07. The number of carbonyl (C=O) groups is 2. The largest absolute Gasteiger partial charge is 0.493 e. The number of esters is 1. The minimum atomic E-state index is -0.658. The molecule has 2 N–H and O–H groups in total. The van der Waals surface area contributed by atoms with Gasteiger partial charge in [0.15, 0.2) is 0 Å². The number of fused-ring (bicyclic) bond motifs is 1. The Bertz CT molecular complexity index is 873. The highest BCUT2D eigenvalue weighted by Gasteiger charge is 2.34. The highest BCUT2D eigenvalue weighted by molar-refractivity contribution is 5.98. The summed E-state index contributed by atoms with van der Waals surface area (Å²) in [4.78, 5) is 24.4. The summed E-state index contributed by atoms with van der Waals surface area (Å²) in [7, 11) is 1.32. The lowest BCUT2D eigenvalue weighted by molar-refractivity contribution is -0.136. The van der Waals surface area contributed by atoms with Crippen molar-refractivity contribution in [3.63, 3.8) is 0 Å². The van der Waals surface area contributed by atoms with E-state index in [9.17, 15) is 9.59 Å². The van der Waals surface area contributed by atoms with Crippen LogP contribution in [0.1, 0.15) is 25.5 Å². The van der Waals surface area contributed by atoms with E-state index in [2.05, 4.69) is 10.6 Å². The van der Waals surface area contributed by atoms with Crippen molar-refractivity contribution in [1.29, 1.82) is 0 Å². The van der Waals surface area contributed by atoms with E-state index < -0.39 is 12.0 Å². The molecule has 6 heteroatoms. The second-order valence-electron chi connectivity index (χ2n) is 5.69. The van der Waals surface area contributed by atoms with Crippen molar-refractivity contribution in [2.45, 2.75) is 19.9 Å². The van der Waals surface area contributed by atoms with Gasteiger partial charge in [0.1, 0.15) is 5.75 Å². The van der Waals surface area contributed by atoms with Gasteiger partial charge in [-0.25, -0.2) is 9.59 Å². The second-order valence-corrected chi connectivity index (χ2v) is 5.69. The van der Waals surface area contributed by atoms with E-state index in [1.165, 1.54) is 7.11 Å². The van der Waals surface area contributed by atoms with E-state index in [1.807, 2.05) is 43.3 Å². The molecule has 0 spiro atoms. The van der Waals surface area contributed by atoms with Gasteiger partial charge in [0.05, 0.1) is 25.3 Å². The molecule has 2 amide bonds. The molecule has 0 saturated heterocycles. The molecule has 0 bridgehead atoms. The first-order valence-electron chi connectivity index (χ1n) is 8.07. The van der Waals surface area contributed by atoms with Crippen LogP contribution < -0.4 is 15.4 Å². The van der Waals surface area contributed by atoms with Crippen LogP contribution in [0.15, 0.2) is 47.7 Å². The van der Waals surface area contributed by atoms with Crippen LogP contribution in [-0.4, -0.2) is 25.7 Å². The molecule has 0 radical (unpaired) electrons. The molecule has 0 saturated carbocycles. The number of rotatable bonds is 4. The van der Waals surface area contributed by atoms with Crippen LogP contribution in [0.5, 0.6) is 5.75 Å². The Hall–Kier alpha value is -3.02. The minimum Gasteiger partial charge on any atom is -0.493 e. The maximum atomic E-state index is 12.4. The van der Waals surface area contributed by atoms with Crippen LogP contribution in [0.2, 0.25) is 0 Å². The van der Waals surface area contributed by atoms with Crippen LogP contribution in [0.3, 0.4) is 0 Å². The number of benzene rings is 2. The van der Waals surface area contributed by atoms with Crippen molar-refractivity contribution >= 4 is 22.8 Å². The summed E-state index contributed by atoms with van der Waals surface area (Å²) >= 11 is 0. The number of allylic oxidation sites excluding steroid dienone is 1. The van der Waals surface area contributed by atoms with Crippen molar-refractivity contribution < 1.29 is 19.1 Å². The highest BCUT2D eigenvalue weighted by atomic mass is 16.5. The smallest absolute Gasteiger partial charge is 0.337 e. The van der Waals surface area contributed by atoms with E-state index in [-0.39, 0.29) is 6.03 Å². The third-order valence-electron chi connectivity index (χ3n) is 4.19. The molecule has 6 nitrogen and oxygen atoms in total. The number of ether oxygens (including phenoxy) is 2. The number of carbonyl (C=O) groups excluding carboxylic acids is 2. The maximum Gasteiger partial charge on any atom is 0.337 e. The molecule has 0 aliphatic carbocycles. The second kappa shape index (κ2) is 6.84. The first kappa shape index (κ1) is 16.8. The third kappa shape index (κ3) is 3.03. The number of urea groups is 1. The summed E-state index contributed by atoms with van der Waals surface area (Å²) in [5.74, 6) is 0.132. The molecular weight excluding hydrogens is 320 g/mol. The average Bonchev–Trinajstić information content (AvgIpc) is 2.60. The van der Waals surface area contributed by atoms with Crippen molar-refractivity contribution in [2.24, 2.45) is 0 Å². The van der Waals surface area contributed by atoms with Crippen LogP contribution in [-0.2, 0) is 9.53 Å². The molecule has 2 aromatic carbocycles. The van der Waals surface area contributed by atoms with Crippen molar-refractivity contribution in [2.75, 3.05) is 13.7 Å². The first-order chi connectivity index (χ1) is 12.1. The number of hydrogen-bond acceptors (Lipinski definition) is 4. The van der Waals surface area contributed by atoms with E-state index in [4.69, 9.17) is 9.47 Å². The Morgan fingerprint density at radius 2 is 1.96 bits per heavy atom. The molecule has 1 aliphatic heterocycles. The maximum absolute atomic E-state index is 12.4. The molecule has 25 heavy (non-hydrogen) atoms. The zero-order valence-corrected chi connectivity index (χ0v) is 14.4. The lowest BCUT2D eigenvalue weighted by Gasteiger charge is -2.29. The van der Waals surface area contributed by atoms with Crippen molar-refractivity contribution in [3.8, 4) is 5.75 Å².